The molecule has 0 aliphatic heterocycles. The quantitative estimate of drug-likeness (QED) is 0.591. The van der Waals surface area contributed by atoms with Gasteiger partial charge < -0.3 is 5.32 Å². The number of hydrogen-bond donors (Lipinski definition) is 1. The van der Waals surface area contributed by atoms with E-state index >= 15 is 0 Å². The summed E-state index contributed by atoms with van der Waals surface area (Å²) < 4.78 is 30.3. The molecule has 0 saturated carbocycles. The van der Waals surface area contributed by atoms with E-state index in [1.165, 1.54) is 21.1 Å². The fourth-order valence-electron chi connectivity index (χ4n) is 3.61. The Labute approximate surface area is 188 Å². The third-order valence-corrected chi connectivity index (χ3v) is 7.64. The van der Waals surface area contributed by atoms with Crippen molar-refractivity contribution in [3.63, 3.8) is 0 Å². The van der Waals surface area contributed by atoms with Crippen LogP contribution in [0.4, 0.5) is 5.69 Å². The van der Waals surface area contributed by atoms with E-state index in [1.807, 2.05) is 18.2 Å². The normalized spacial score (nSPS) is 11.7. The van der Waals surface area contributed by atoms with Crippen LogP contribution in [0, 0.1) is 13.8 Å². The number of aryl methyl sites for hydroxylation is 1. The van der Waals surface area contributed by atoms with Gasteiger partial charge in [0.25, 0.3) is 11.5 Å². The predicted octanol–water partition coefficient (Wildman–Crippen LogP) is 3.08. The number of benzene rings is 2. The molecule has 3 rings (SSSR count). The molecule has 170 valence electrons. The molecule has 32 heavy (non-hydrogen) atoms. The molecule has 1 aromatic heterocycles. The number of para-hydroxylation sites is 1. The summed E-state index contributed by atoms with van der Waals surface area (Å²) in [6.45, 7) is 7.65. The van der Waals surface area contributed by atoms with Gasteiger partial charge in [0.15, 0.2) is 0 Å². The lowest BCUT2D eigenvalue weighted by Gasteiger charge is -2.19. The van der Waals surface area contributed by atoms with Crippen LogP contribution in [0.25, 0.3) is 5.69 Å². The van der Waals surface area contributed by atoms with Crippen LogP contribution in [0.15, 0.2) is 58.2 Å². The highest BCUT2D eigenvalue weighted by atomic mass is 32.2. The van der Waals surface area contributed by atoms with E-state index in [1.54, 1.807) is 57.6 Å². The smallest absolute Gasteiger partial charge is 0.295 e. The van der Waals surface area contributed by atoms with Gasteiger partial charge in [-0.25, -0.2) is 13.1 Å². The third kappa shape index (κ3) is 4.13. The monoisotopic (exact) mass is 456 g/mol. The summed E-state index contributed by atoms with van der Waals surface area (Å²) in [6, 6.07) is 13.6. The lowest BCUT2D eigenvalue weighted by molar-refractivity contribution is 0.102. The topological polar surface area (TPSA) is 93.4 Å². The Morgan fingerprint density at radius 3 is 2.25 bits per heavy atom. The molecule has 0 bridgehead atoms. The summed E-state index contributed by atoms with van der Waals surface area (Å²) in [6.07, 6.45) is 0. The summed E-state index contributed by atoms with van der Waals surface area (Å²) >= 11 is 0. The van der Waals surface area contributed by atoms with Gasteiger partial charge in [-0.05, 0) is 43.7 Å². The number of carbonyl (C=O) groups is 1. The molecule has 1 amide bonds. The van der Waals surface area contributed by atoms with E-state index < -0.39 is 15.9 Å². The Balaban J connectivity index is 2.01. The molecule has 0 atom stereocenters. The maximum Gasteiger partial charge on any atom is 0.295 e. The zero-order valence-electron chi connectivity index (χ0n) is 18.9. The Morgan fingerprint density at radius 2 is 1.66 bits per heavy atom. The first kappa shape index (κ1) is 23.5. The first-order valence-corrected chi connectivity index (χ1v) is 11.8. The van der Waals surface area contributed by atoms with Crippen LogP contribution < -0.4 is 10.9 Å². The van der Waals surface area contributed by atoms with Gasteiger partial charge in [0.2, 0.25) is 10.0 Å². The Kier molecular flexibility index (Phi) is 6.71. The van der Waals surface area contributed by atoms with Crippen molar-refractivity contribution in [2.75, 3.05) is 18.4 Å². The van der Waals surface area contributed by atoms with E-state index in [0.717, 1.165) is 0 Å². The molecule has 0 fully saturated rings. The van der Waals surface area contributed by atoms with E-state index in [9.17, 15) is 18.0 Å². The molecule has 1 N–H and O–H groups in total. The van der Waals surface area contributed by atoms with Crippen molar-refractivity contribution >= 4 is 21.6 Å². The summed E-state index contributed by atoms with van der Waals surface area (Å²) in [5.41, 5.74) is 1.85. The predicted molar refractivity (Wildman–Crippen MR) is 125 cm³/mol. The van der Waals surface area contributed by atoms with Crippen LogP contribution in [0.3, 0.4) is 0 Å². The first-order valence-electron chi connectivity index (χ1n) is 10.4. The number of carbonyl (C=O) groups excluding carboxylic acids is 1. The molecule has 0 spiro atoms. The number of nitrogens with one attached hydrogen (secondary N) is 1. The van der Waals surface area contributed by atoms with Gasteiger partial charge in [-0.2, -0.15) is 4.31 Å². The number of nitrogens with zero attached hydrogens (tertiary/aromatic N) is 3. The molecule has 0 aliphatic rings. The molecule has 3 aromatic rings. The molecule has 1 heterocycles. The standard InChI is InChI=1S/C23H28N4O4S/c1-6-26(7-2)32(30,31)19-14-13-16(3)20(15-19)22(28)24-21-17(4)25(5)27(23(21)29)18-11-9-8-10-12-18/h8-15H,6-7H2,1-5H3,(H,24,28). The molecule has 8 nitrogen and oxygen atoms in total. The highest BCUT2D eigenvalue weighted by Crippen LogP contribution is 2.21. The van der Waals surface area contributed by atoms with Crippen LogP contribution >= 0.6 is 0 Å². The Morgan fingerprint density at radius 1 is 1.03 bits per heavy atom. The summed E-state index contributed by atoms with van der Waals surface area (Å²) in [5, 5.41) is 2.70. The van der Waals surface area contributed by atoms with Gasteiger partial charge in [-0.1, -0.05) is 38.1 Å². The molecule has 9 heteroatoms. The number of sulfonamides is 1. The maximum absolute atomic E-state index is 13.1. The number of amides is 1. The van der Waals surface area contributed by atoms with Crippen molar-refractivity contribution in [1.82, 2.24) is 13.7 Å². The van der Waals surface area contributed by atoms with Gasteiger partial charge in [-0.3, -0.25) is 14.3 Å². The van der Waals surface area contributed by atoms with Crippen LogP contribution in [-0.2, 0) is 17.1 Å². The van der Waals surface area contributed by atoms with Crippen molar-refractivity contribution in [1.29, 1.82) is 0 Å². The minimum absolute atomic E-state index is 0.0448. The zero-order valence-corrected chi connectivity index (χ0v) is 19.7. The lowest BCUT2D eigenvalue weighted by Crippen LogP contribution is -2.31. The molecular weight excluding hydrogens is 428 g/mol. The minimum atomic E-state index is -3.72. The van der Waals surface area contributed by atoms with Gasteiger partial charge in [0.05, 0.1) is 16.3 Å². The van der Waals surface area contributed by atoms with E-state index in [0.29, 0.717) is 30.0 Å². The molecule has 0 unspecified atom stereocenters. The second kappa shape index (κ2) is 9.13. The summed E-state index contributed by atoms with van der Waals surface area (Å²) in [5.74, 6) is -0.537. The fraction of sp³-hybridized carbons (Fsp3) is 0.304. The fourth-order valence-corrected chi connectivity index (χ4v) is 5.10. The molecule has 2 aromatic carbocycles. The largest absolute Gasteiger partial charge is 0.316 e. The summed E-state index contributed by atoms with van der Waals surface area (Å²) in [4.78, 5) is 26.2. The molecule has 0 aliphatic carbocycles. The van der Waals surface area contributed by atoms with Gasteiger partial charge in [0.1, 0.15) is 5.69 Å². The van der Waals surface area contributed by atoms with Crippen molar-refractivity contribution < 1.29 is 13.2 Å². The average molecular weight is 457 g/mol. The second-order valence-electron chi connectivity index (χ2n) is 7.46. The molecule has 0 radical (unpaired) electrons. The first-order chi connectivity index (χ1) is 15.1. The van der Waals surface area contributed by atoms with Crippen LogP contribution in [0.5, 0.6) is 0 Å². The average Bonchev–Trinajstić information content (AvgIpc) is 2.98. The van der Waals surface area contributed by atoms with Crippen LogP contribution in [0.2, 0.25) is 0 Å². The van der Waals surface area contributed by atoms with E-state index in [4.69, 9.17) is 0 Å². The number of aromatic nitrogens is 2. The van der Waals surface area contributed by atoms with Crippen molar-refractivity contribution in [2.45, 2.75) is 32.6 Å². The summed E-state index contributed by atoms with van der Waals surface area (Å²) in [7, 11) is -1.98. The molecular formula is C23H28N4O4S. The SMILES string of the molecule is CCN(CC)S(=O)(=O)c1ccc(C)c(C(=O)Nc2c(C)n(C)n(-c3ccccc3)c2=O)c1. The van der Waals surface area contributed by atoms with E-state index in [-0.39, 0.29) is 21.7 Å². The van der Waals surface area contributed by atoms with Crippen molar-refractivity contribution in [3.8, 4) is 5.69 Å². The van der Waals surface area contributed by atoms with Gasteiger partial charge >= 0.3 is 0 Å². The van der Waals surface area contributed by atoms with Gasteiger partial charge in [0, 0.05) is 25.7 Å². The Hall–Kier alpha value is -3.17. The highest BCUT2D eigenvalue weighted by Gasteiger charge is 2.25. The highest BCUT2D eigenvalue weighted by molar-refractivity contribution is 7.89. The third-order valence-electron chi connectivity index (χ3n) is 5.59. The zero-order chi connectivity index (χ0) is 23.6. The van der Waals surface area contributed by atoms with Gasteiger partial charge in [-0.15, -0.1) is 0 Å². The lowest BCUT2D eigenvalue weighted by atomic mass is 10.1. The number of rotatable bonds is 7. The van der Waals surface area contributed by atoms with E-state index in [2.05, 4.69) is 5.32 Å². The minimum Gasteiger partial charge on any atom is -0.316 e. The second-order valence-corrected chi connectivity index (χ2v) is 9.39. The van der Waals surface area contributed by atoms with Crippen molar-refractivity contribution in [3.05, 3.63) is 75.7 Å². The maximum atomic E-state index is 13.1. The van der Waals surface area contributed by atoms with Crippen LogP contribution in [-0.4, -0.2) is 41.1 Å². The number of anilines is 1. The van der Waals surface area contributed by atoms with Crippen LogP contribution in [0.1, 0.15) is 35.5 Å². The Bertz CT molecular complexity index is 1300. The number of hydrogen-bond acceptors (Lipinski definition) is 4. The van der Waals surface area contributed by atoms with Crippen molar-refractivity contribution in [2.24, 2.45) is 7.05 Å². The molecule has 0 saturated heterocycles.